The minimum absolute atomic E-state index is 0.0527. The summed E-state index contributed by atoms with van der Waals surface area (Å²) in [4.78, 5) is 19.5. The van der Waals surface area contributed by atoms with Crippen LogP contribution in [0.4, 0.5) is 5.82 Å². The average molecular weight is 349 g/mol. The summed E-state index contributed by atoms with van der Waals surface area (Å²) in [6.45, 7) is 3.91. The quantitative estimate of drug-likeness (QED) is 0.790. The summed E-state index contributed by atoms with van der Waals surface area (Å²) in [5, 5.41) is 8.39. The molecule has 1 aliphatic rings. The number of nitrogens with one attached hydrogen (secondary N) is 1. The summed E-state index contributed by atoms with van der Waals surface area (Å²) in [6.07, 6.45) is 3.47. The van der Waals surface area contributed by atoms with E-state index in [2.05, 4.69) is 40.4 Å². The minimum atomic E-state index is -0.0527. The summed E-state index contributed by atoms with van der Waals surface area (Å²) in [5.41, 5.74) is 2.88. The highest BCUT2D eigenvalue weighted by Crippen LogP contribution is 2.24. The monoisotopic (exact) mass is 349 g/mol. The first-order valence-corrected chi connectivity index (χ1v) is 9.02. The zero-order valence-electron chi connectivity index (χ0n) is 15.1. The number of aryl methyl sites for hydroxylation is 2. The Kier molecular flexibility index (Phi) is 4.32. The van der Waals surface area contributed by atoms with Crippen LogP contribution in [-0.4, -0.2) is 39.8 Å². The fourth-order valence-electron chi connectivity index (χ4n) is 3.60. The molecule has 3 aromatic rings. The van der Waals surface area contributed by atoms with Crippen LogP contribution < -0.4 is 10.2 Å². The molecule has 1 aromatic carbocycles. The number of pyridine rings is 1. The Labute approximate surface area is 152 Å². The number of anilines is 1. The molecule has 2 aromatic heterocycles. The van der Waals surface area contributed by atoms with Gasteiger partial charge in [0.15, 0.2) is 0 Å². The van der Waals surface area contributed by atoms with Crippen molar-refractivity contribution in [2.45, 2.75) is 25.8 Å². The van der Waals surface area contributed by atoms with Crippen LogP contribution in [0.1, 0.15) is 28.9 Å². The summed E-state index contributed by atoms with van der Waals surface area (Å²) >= 11 is 0. The topological polar surface area (TPSA) is 63.1 Å². The molecule has 0 saturated carbocycles. The van der Waals surface area contributed by atoms with E-state index in [0.717, 1.165) is 37.3 Å². The highest BCUT2D eigenvalue weighted by molar-refractivity contribution is 5.92. The standard InChI is InChI=1S/C20H23N5O/c1-14-13-19(23-17-6-4-3-5-16(14)17)25-11-8-15(9-12-25)22-20(26)18-7-10-21-24(18)2/h3-7,10,13,15H,8-9,11-12H2,1-2H3,(H,22,26). The first kappa shape index (κ1) is 16.6. The molecule has 0 unspecified atom stereocenters. The number of aromatic nitrogens is 3. The Morgan fingerprint density at radius 2 is 1.96 bits per heavy atom. The third-order valence-corrected chi connectivity index (χ3v) is 5.12. The molecule has 3 heterocycles. The SMILES string of the molecule is Cc1cc(N2CCC(NC(=O)c3ccnn3C)CC2)nc2ccccc12. The maximum Gasteiger partial charge on any atom is 0.269 e. The lowest BCUT2D eigenvalue weighted by atomic mass is 10.0. The highest BCUT2D eigenvalue weighted by Gasteiger charge is 2.23. The van der Waals surface area contributed by atoms with Crippen molar-refractivity contribution < 1.29 is 4.79 Å². The molecule has 26 heavy (non-hydrogen) atoms. The van der Waals surface area contributed by atoms with Gasteiger partial charge in [-0.3, -0.25) is 9.48 Å². The van der Waals surface area contributed by atoms with E-state index >= 15 is 0 Å². The molecule has 1 amide bonds. The summed E-state index contributed by atoms with van der Waals surface area (Å²) in [6, 6.07) is 12.3. The van der Waals surface area contributed by atoms with Gasteiger partial charge in [-0.1, -0.05) is 18.2 Å². The Bertz CT molecular complexity index is 940. The van der Waals surface area contributed by atoms with Crippen LogP contribution in [-0.2, 0) is 7.05 Å². The summed E-state index contributed by atoms with van der Waals surface area (Å²) in [7, 11) is 1.78. The lowest BCUT2D eigenvalue weighted by molar-refractivity contribution is 0.0921. The number of amides is 1. The Hall–Kier alpha value is -2.89. The van der Waals surface area contributed by atoms with Gasteiger partial charge in [-0.05, 0) is 43.5 Å². The van der Waals surface area contributed by atoms with Gasteiger partial charge < -0.3 is 10.2 Å². The summed E-state index contributed by atoms with van der Waals surface area (Å²) < 4.78 is 1.60. The first-order valence-electron chi connectivity index (χ1n) is 9.02. The number of piperidine rings is 1. The lowest BCUT2D eigenvalue weighted by Crippen LogP contribution is -2.45. The Balaban J connectivity index is 1.42. The number of fused-ring (bicyclic) bond motifs is 1. The molecule has 1 N–H and O–H groups in total. The predicted octanol–water partition coefficient (Wildman–Crippen LogP) is 2.68. The molecule has 6 nitrogen and oxygen atoms in total. The first-order chi connectivity index (χ1) is 12.6. The van der Waals surface area contributed by atoms with E-state index in [0.29, 0.717) is 5.69 Å². The van der Waals surface area contributed by atoms with E-state index in [1.165, 1.54) is 10.9 Å². The normalized spacial score (nSPS) is 15.4. The molecule has 1 fully saturated rings. The van der Waals surface area contributed by atoms with Gasteiger partial charge >= 0.3 is 0 Å². The third kappa shape index (κ3) is 3.14. The molecule has 1 aliphatic heterocycles. The van der Waals surface area contributed by atoms with Crippen LogP contribution >= 0.6 is 0 Å². The van der Waals surface area contributed by atoms with E-state index in [1.54, 1.807) is 24.0 Å². The van der Waals surface area contributed by atoms with Gasteiger partial charge in [0.25, 0.3) is 5.91 Å². The average Bonchev–Trinajstić information content (AvgIpc) is 3.08. The van der Waals surface area contributed by atoms with Gasteiger partial charge in [0, 0.05) is 37.8 Å². The van der Waals surface area contributed by atoms with Crippen molar-refractivity contribution in [3.05, 3.63) is 53.9 Å². The molecule has 4 rings (SSSR count). The van der Waals surface area contributed by atoms with Crippen molar-refractivity contribution in [3.8, 4) is 0 Å². The van der Waals surface area contributed by atoms with Crippen molar-refractivity contribution in [1.82, 2.24) is 20.1 Å². The van der Waals surface area contributed by atoms with E-state index in [1.807, 2.05) is 12.1 Å². The van der Waals surface area contributed by atoms with Crippen molar-refractivity contribution in [1.29, 1.82) is 0 Å². The van der Waals surface area contributed by atoms with Crippen LogP contribution in [0, 0.1) is 6.92 Å². The van der Waals surface area contributed by atoms with E-state index in [4.69, 9.17) is 4.98 Å². The van der Waals surface area contributed by atoms with Crippen molar-refractivity contribution in [2.75, 3.05) is 18.0 Å². The molecule has 0 radical (unpaired) electrons. The molecule has 0 spiro atoms. The fourth-order valence-corrected chi connectivity index (χ4v) is 3.60. The van der Waals surface area contributed by atoms with Gasteiger partial charge in [-0.15, -0.1) is 0 Å². The molecule has 134 valence electrons. The number of benzene rings is 1. The lowest BCUT2D eigenvalue weighted by Gasteiger charge is -2.33. The number of carbonyl (C=O) groups is 1. The van der Waals surface area contributed by atoms with Crippen LogP contribution in [0.3, 0.4) is 0 Å². The molecular weight excluding hydrogens is 326 g/mol. The molecular formula is C20H23N5O. The number of carbonyl (C=O) groups excluding carboxylic acids is 1. The Morgan fingerprint density at radius 3 is 2.69 bits per heavy atom. The second-order valence-corrected chi connectivity index (χ2v) is 6.89. The van der Waals surface area contributed by atoms with Gasteiger partial charge in [0.1, 0.15) is 11.5 Å². The molecule has 0 bridgehead atoms. The van der Waals surface area contributed by atoms with Crippen LogP contribution in [0.5, 0.6) is 0 Å². The Morgan fingerprint density at radius 1 is 1.19 bits per heavy atom. The zero-order chi connectivity index (χ0) is 18.1. The van der Waals surface area contributed by atoms with Gasteiger partial charge in [-0.2, -0.15) is 5.10 Å². The maximum atomic E-state index is 12.3. The number of hydrogen-bond donors (Lipinski definition) is 1. The van der Waals surface area contributed by atoms with Gasteiger partial charge in [0.05, 0.1) is 5.52 Å². The largest absolute Gasteiger partial charge is 0.356 e. The van der Waals surface area contributed by atoms with Crippen molar-refractivity contribution in [2.24, 2.45) is 7.05 Å². The van der Waals surface area contributed by atoms with Crippen molar-refractivity contribution >= 4 is 22.6 Å². The minimum Gasteiger partial charge on any atom is -0.356 e. The van der Waals surface area contributed by atoms with E-state index < -0.39 is 0 Å². The molecule has 1 saturated heterocycles. The van der Waals surface area contributed by atoms with Crippen LogP contribution in [0.25, 0.3) is 10.9 Å². The van der Waals surface area contributed by atoms with E-state index in [-0.39, 0.29) is 11.9 Å². The van der Waals surface area contributed by atoms with Crippen LogP contribution in [0.15, 0.2) is 42.6 Å². The smallest absolute Gasteiger partial charge is 0.269 e. The fraction of sp³-hybridized carbons (Fsp3) is 0.350. The van der Waals surface area contributed by atoms with Crippen molar-refractivity contribution in [3.63, 3.8) is 0 Å². The zero-order valence-corrected chi connectivity index (χ0v) is 15.1. The predicted molar refractivity (Wildman–Crippen MR) is 102 cm³/mol. The maximum absolute atomic E-state index is 12.3. The molecule has 0 aliphatic carbocycles. The highest BCUT2D eigenvalue weighted by atomic mass is 16.2. The number of nitrogens with zero attached hydrogens (tertiary/aromatic N) is 4. The molecule has 6 heteroatoms. The second-order valence-electron chi connectivity index (χ2n) is 6.89. The van der Waals surface area contributed by atoms with Crippen LogP contribution in [0.2, 0.25) is 0 Å². The van der Waals surface area contributed by atoms with Gasteiger partial charge in [-0.25, -0.2) is 4.98 Å². The van der Waals surface area contributed by atoms with E-state index in [9.17, 15) is 4.79 Å². The number of rotatable bonds is 3. The summed E-state index contributed by atoms with van der Waals surface area (Å²) in [5.74, 6) is 0.973. The number of para-hydroxylation sites is 1. The second kappa shape index (κ2) is 6.78. The number of hydrogen-bond acceptors (Lipinski definition) is 4. The van der Waals surface area contributed by atoms with Gasteiger partial charge in [0.2, 0.25) is 0 Å². The molecule has 0 atom stereocenters. The third-order valence-electron chi connectivity index (χ3n) is 5.12.